The number of hydrogen-bond donors (Lipinski definition) is 1. The van der Waals surface area contributed by atoms with Crippen molar-refractivity contribution in [2.75, 3.05) is 5.88 Å². The van der Waals surface area contributed by atoms with Gasteiger partial charge in [0.25, 0.3) is 0 Å². The van der Waals surface area contributed by atoms with Crippen LogP contribution < -0.4 is 5.32 Å². The van der Waals surface area contributed by atoms with E-state index in [2.05, 4.69) is 5.32 Å². The minimum absolute atomic E-state index is 0.0248. The highest BCUT2D eigenvalue weighted by atomic mass is 35.5. The van der Waals surface area contributed by atoms with Gasteiger partial charge in [-0.2, -0.15) is 0 Å². The first-order valence-corrected chi connectivity index (χ1v) is 7.56. The molecule has 0 spiro atoms. The zero-order valence-electron chi connectivity index (χ0n) is 12.3. The second-order valence-corrected chi connectivity index (χ2v) is 5.89. The maximum atomic E-state index is 12.6. The number of carbonyl (C=O) groups excluding carboxylic acids is 1. The summed E-state index contributed by atoms with van der Waals surface area (Å²) < 4.78 is 0. The fourth-order valence-corrected chi connectivity index (χ4v) is 2.48. The van der Waals surface area contributed by atoms with Gasteiger partial charge >= 0.3 is 0 Å². The van der Waals surface area contributed by atoms with Crippen molar-refractivity contribution in [1.29, 1.82) is 0 Å². The molecule has 2 aromatic rings. The molecule has 3 heteroatoms. The highest BCUT2D eigenvalue weighted by molar-refractivity contribution is 6.18. The van der Waals surface area contributed by atoms with Gasteiger partial charge in [-0.05, 0) is 25.0 Å². The summed E-state index contributed by atoms with van der Waals surface area (Å²) in [4.78, 5) is 12.6. The lowest BCUT2D eigenvalue weighted by Crippen LogP contribution is -2.42. The van der Waals surface area contributed by atoms with Crippen molar-refractivity contribution in [1.82, 2.24) is 5.32 Å². The molecule has 1 unspecified atom stereocenters. The monoisotopic (exact) mass is 301 g/mol. The average molecular weight is 302 g/mol. The lowest BCUT2D eigenvalue weighted by molar-refractivity contribution is -0.126. The Labute approximate surface area is 131 Å². The summed E-state index contributed by atoms with van der Waals surface area (Å²) in [6.45, 7) is 3.85. The molecule has 1 N–H and O–H groups in total. The molecule has 0 bridgehead atoms. The van der Waals surface area contributed by atoms with Crippen molar-refractivity contribution < 1.29 is 4.79 Å². The van der Waals surface area contributed by atoms with Crippen LogP contribution in [0.3, 0.4) is 0 Å². The number of amides is 1. The number of carbonyl (C=O) groups is 1. The Morgan fingerprint density at radius 3 is 2.10 bits per heavy atom. The molecule has 1 amide bonds. The van der Waals surface area contributed by atoms with Gasteiger partial charge in [0.15, 0.2) is 0 Å². The molecule has 21 heavy (non-hydrogen) atoms. The normalized spacial score (nSPS) is 12.7. The lowest BCUT2D eigenvalue weighted by Gasteiger charge is -2.27. The highest BCUT2D eigenvalue weighted by Crippen LogP contribution is 2.25. The molecule has 0 saturated carbocycles. The molecule has 2 aromatic carbocycles. The van der Waals surface area contributed by atoms with Crippen molar-refractivity contribution in [3.8, 4) is 0 Å². The van der Waals surface area contributed by atoms with E-state index in [1.807, 2.05) is 74.5 Å². The Morgan fingerprint density at radius 1 is 1.05 bits per heavy atom. The number of hydrogen-bond acceptors (Lipinski definition) is 1. The van der Waals surface area contributed by atoms with E-state index >= 15 is 0 Å². The third-order valence-electron chi connectivity index (χ3n) is 3.72. The maximum Gasteiger partial charge on any atom is 0.230 e. The third kappa shape index (κ3) is 3.64. The van der Waals surface area contributed by atoms with Gasteiger partial charge in [-0.1, -0.05) is 60.7 Å². The van der Waals surface area contributed by atoms with Crippen LogP contribution in [-0.2, 0) is 10.2 Å². The van der Waals surface area contributed by atoms with Crippen molar-refractivity contribution in [3.63, 3.8) is 0 Å². The quantitative estimate of drug-likeness (QED) is 0.829. The van der Waals surface area contributed by atoms with Gasteiger partial charge in [-0.25, -0.2) is 0 Å². The van der Waals surface area contributed by atoms with Crippen LogP contribution in [0.25, 0.3) is 0 Å². The summed E-state index contributed by atoms with van der Waals surface area (Å²) in [7, 11) is 0. The molecule has 2 rings (SSSR count). The SMILES string of the molecule is CC(C)(C(=O)NC(CCl)c1ccccc1)c1ccccc1. The molecule has 0 aromatic heterocycles. The summed E-state index contributed by atoms with van der Waals surface area (Å²) in [5, 5.41) is 3.05. The molecule has 1 atom stereocenters. The molecular weight excluding hydrogens is 282 g/mol. The number of rotatable bonds is 5. The van der Waals surface area contributed by atoms with Gasteiger partial charge in [0.1, 0.15) is 0 Å². The number of nitrogens with one attached hydrogen (secondary N) is 1. The highest BCUT2D eigenvalue weighted by Gasteiger charge is 2.31. The number of halogens is 1. The van der Waals surface area contributed by atoms with Gasteiger partial charge in [0.05, 0.1) is 11.5 Å². The molecule has 0 aliphatic rings. The molecule has 110 valence electrons. The topological polar surface area (TPSA) is 29.1 Å². The Kier molecular flexibility index (Phi) is 5.03. The van der Waals surface area contributed by atoms with E-state index < -0.39 is 5.41 Å². The van der Waals surface area contributed by atoms with Crippen LogP contribution >= 0.6 is 11.6 Å². The molecule has 0 saturated heterocycles. The Morgan fingerprint density at radius 2 is 1.57 bits per heavy atom. The van der Waals surface area contributed by atoms with Gasteiger partial charge in [-0.3, -0.25) is 4.79 Å². The second-order valence-electron chi connectivity index (χ2n) is 5.58. The minimum Gasteiger partial charge on any atom is -0.347 e. The summed E-state index contributed by atoms with van der Waals surface area (Å²) in [5.74, 6) is 0.323. The molecular formula is C18H20ClNO. The van der Waals surface area contributed by atoms with E-state index in [-0.39, 0.29) is 11.9 Å². The van der Waals surface area contributed by atoms with Crippen molar-refractivity contribution in [3.05, 3.63) is 71.8 Å². The summed E-state index contributed by atoms with van der Waals surface area (Å²) >= 11 is 6.03. The van der Waals surface area contributed by atoms with Crippen LogP contribution in [0.5, 0.6) is 0 Å². The molecule has 0 radical (unpaired) electrons. The molecule has 0 heterocycles. The van der Waals surface area contributed by atoms with Crippen molar-refractivity contribution in [2.45, 2.75) is 25.3 Å². The van der Waals surface area contributed by atoms with E-state index in [1.165, 1.54) is 0 Å². The first-order chi connectivity index (χ1) is 10.1. The van der Waals surface area contributed by atoms with Crippen LogP contribution in [-0.4, -0.2) is 11.8 Å². The van der Waals surface area contributed by atoms with E-state index in [0.717, 1.165) is 11.1 Å². The van der Waals surface area contributed by atoms with Crippen LogP contribution in [0.1, 0.15) is 31.0 Å². The molecule has 0 aliphatic heterocycles. The first-order valence-electron chi connectivity index (χ1n) is 7.03. The second kappa shape index (κ2) is 6.77. The fourth-order valence-electron chi connectivity index (χ4n) is 2.22. The Bertz CT molecular complexity index is 581. The Hall–Kier alpha value is -1.80. The van der Waals surface area contributed by atoms with Gasteiger partial charge < -0.3 is 5.32 Å². The summed E-state index contributed by atoms with van der Waals surface area (Å²) in [6, 6.07) is 19.4. The predicted molar refractivity (Wildman–Crippen MR) is 87.5 cm³/mol. The smallest absolute Gasteiger partial charge is 0.230 e. The van der Waals surface area contributed by atoms with Crippen LogP contribution in [0, 0.1) is 0 Å². The van der Waals surface area contributed by atoms with Gasteiger partial charge in [-0.15, -0.1) is 11.6 Å². The fraction of sp³-hybridized carbons (Fsp3) is 0.278. The number of benzene rings is 2. The first kappa shape index (κ1) is 15.6. The summed E-state index contributed by atoms with van der Waals surface area (Å²) in [6.07, 6.45) is 0. The largest absolute Gasteiger partial charge is 0.347 e. The van der Waals surface area contributed by atoms with E-state index in [9.17, 15) is 4.79 Å². The zero-order valence-corrected chi connectivity index (χ0v) is 13.1. The zero-order chi connectivity index (χ0) is 15.3. The number of alkyl halides is 1. The Balaban J connectivity index is 2.16. The van der Waals surface area contributed by atoms with Gasteiger partial charge in [0.2, 0.25) is 5.91 Å². The van der Waals surface area contributed by atoms with E-state index in [0.29, 0.717) is 5.88 Å². The lowest BCUT2D eigenvalue weighted by atomic mass is 9.83. The standard InChI is InChI=1S/C18H20ClNO/c1-18(2,15-11-7-4-8-12-15)17(21)20-16(13-19)14-9-5-3-6-10-14/h3-12,16H,13H2,1-2H3,(H,20,21). The van der Waals surface area contributed by atoms with E-state index in [1.54, 1.807) is 0 Å². The van der Waals surface area contributed by atoms with Crippen LogP contribution in [0.2, 0.25) is 0 Å². The maximum absolute atomic E-state index is 12.6. The van der Waals surface area contributed by atoms with Crippen LogP contribution in [0.15, 0.2) is 60.7 Å². The van der Waals surface area contributed by atoms with E-state index in [4.69, 9.17) is 11.6 Å². The molecule has 0 aliphatic carbocycles. The summed E-state index contributed by atoms with van der Waals surface area (Å²) in [5.41, 5.74) is 1.41. The molecule has 0 fully saturated rings. The average Bonchev–Trinajstić information content (AvgIpc) is 2.54. The molecule has 2 nitrogen and oxygen atoms in total. The third-order valence-corrected chi connectivity index (χ3v) is 4.03. The van der Waals surface area contributed by atoms with Gasteiger partial charge in [0, 0.05) is 5.88 Å². The predicted octanol–water partition coefficient (Wildman–Crippen LogP) is 4.06. The van der Waals surface area contributed by atoms with Crippen LogP contribution in [0.4, 0.5) is 0 Å². The van der Waals surface area contributed by atoms with Crippen molar-refractivity contribution >= 4 is 17.5 Å². The van der Waals surface area contributed by atoms with Crippen molar-refractivity contribution in [2.24, 2.45) is 0 Å². The minimum atomic E-state index is -0.597.